The van der Waals surface area contributed by atoms with Gasteiger partial charge in [-0.25, -0.2) is 0 Å². The Bertz CT molecular complexity index is 486. The minimum atomic E-state index is -0.543. The molecule has 0 spiro atoms. The van der Waals surface area contributed by atoms with Crippen LogP contribution in [-0.2, 0) is 16.0 Å². The number of nitrogens with one attached hydrogen (secondary N) is 2. The molecule has 0 radical (unpaired) electrons. The standard InChI is InChI=1S/C15H22N2O3/c1-5-16-15(19)11(3)17-14(18)9-12-8-10(2)6-7-13(12)20-4/h6-8,11H,5,9H2,1-4H3,(H,16,19)(H,17,18)/t11-/m1/s1. The van der Waals surface area contributed by atoms with Crippen LogP contribution in [0.25, 0.3) is 0 Å². The lowest BCUT2D eigenvalue weighted by Crippen LogP contribution is -2.45. The van der Waals surface area contributed by atoms with Crippen molar-refractivity contribution in [2.45, 2.75) is 33.2 Å². The summed E-state index contributed by atoms with van der Waals surface area (Å²) in [5.41, 5.74) is 1.87. The van der Waals surface area contributed by atoms with Gasteiger partial charge in [-0.15, -0.1) is 0 Å². The molecular formula is C15H22N2O3. The average Bonchev–Trinajstić information content (AvgIpc) is 2.39. The third kappa shape index (κ3) is 4.57. The molecule has 1 atom stereocenters. The number of carbonyl (C=O) groups is 2. The quantitative estimate of drug-likeness (QED) is 0.821. The summed E-state index contributed by atoms with van der Waals surface area (Å²) in [4.78, 5) is 23.5. The molecular weight excluding hydrogens is 256 g/mol. The summed E-state index contributed by atoms with van der Waals surface area (Å²) in [6.45, 7) is 6.00. The van der Waals surface area contributed by atoms with Crippen molar-refractivity contribution in [1.29, 1.82) is 0 Å². The van der Waals surface area contributed by atoms with Crippen molar-refractivity contribution in [2.24, 2.45) is 0 Å². The van der Waals surface area contributed by atoms with E-state index in [0.29, 0.717) is 12.3 Å². The number of hydrogen-bond donors (Lipinski definition) is 2. The molecule has 0 aliphatic heterocycles. The van der Waals surface area contributed by atoms with Gasteiger partial charge in [0.2, 0.25) is 11.8 Å². The molecule has 0 aromatic heterocycles. The van der Waals surface area contributed by atoms with Crippen molar-refractivity contribution in [3.05, 3.63) is 29.3 Å². The molecule has 0 aliphatic rings. The second kappa shape index (κ2) is 7.53. The number of likely N-dealkylation sites (N-methyl/N-ethyl adjacent to an activating group) is 1. The van der Waals surface area contributed by atoms with Gasteiger partial charge in [-0.05, 0) is 26.8 Å². The highest BCUT2D eigenvalue weighted by atomic mass is 16.5. The molecule has 0 unspecified atom stereocenters. The zero-order valence-corrected chi connectivity index (χ0v) is 12.4. The van der Waals surface area contributed by atoms with Crippen LogP contribution in [0, 0.1) is 6.92 Å². The van der Waals surface area contributed by atoms with E-state index < -0.39 is 6.04 Å². The summed E-state index contributed by atoms with van der Waals surface area (Å²) < 4.78 is 5.23. The molecule has 0 aliphatic carbocycles. The molecule has 0 bridgehead atoms. The average molecular weight is 278 g/mol. The van der Waals surface area contributed by atoms with Crippen LogP contribution in [0.2, 0.25) is 0 Å². The summed E-state index contributed by atoms with van der Waals surface area (Å²) in [7, 11) is 1.57. The number of hydrogen-bond acceptors (Lipinski definition) is 3. The van der Waals surface area contributed by atoms with E-state index in [1.54, 1.807) is 14.0 Å². The van der Waals surface area contributed by atoms with Crippen LogP contribution in [0.15, 0.2) is 18.2 Å². The smallest absolute Gasteiger partial charge is 0.242 e. The van der Waals surface area contributed by atoms with E-state index in [1.165, 1.54) is 0 Å². The van der Waals surface area contributed by atoms with Crippen molar-refractivity contribution in [3.8, 4) is 5.75 Å². The molecule has 0 heterocycles. The monoisotopic (exact) mass is 278 g/mol. The van der Waals surface area contributed by atoms with Gasteiger partial charge < -0.3 is 15.4 Å². The molecule has 20 heavy (non-hydrogen) atoms. The van der Waals surface area contributed by atoms with E-state index in [2.05, 4.69) is 10.6 Å². The van der Waals surface area contributed by atoms with E-state index in [9.17, 15) is 9.59 Å². The Kier molecular flexibility index (Phi) is 6.03. The maximum Gasteiger partial charge on any atom is 0.242 e. The van der Waals surface area contributed by atoms with Crippen LogP contribution in [0.4, 0.5) is 0 Å². The molecule has 2 amide bonds. The molecule has 5 heteroatoms. The lowest BCUT2D eigenvalue weighted by atomic mass is 10.1. The zero-order valence-electron chi connectivity index (χ0n) is 12.4. The van der Waals surface area contributed by atoms with Crippen molar-refractivity contribution in [2.75, 3.05) is 13.7 Å². The first-order valence-corrected chi connectivity index (χ1v) is 6.68. The highest BCUT2D eigenvalue weighted by Gasteiger charge is 2.16. The maximum absolute atomic E-state index is 12.0. The molecule has 0 saturated carbocycles. The van der Waals surface area contributed by atoms with Crippen LogP contribution in [0.3, 0.4) is 0 Å². The minimum absolute atomic E-state index is 0.183. The summed E-state index contributed by atoms with van der Waals surface area (Å²) in [5, 5.41) is 5.35. The fourth-order valence-electron chi connectivity index (χ4n) is 1.90. The lowest BCUT2D eigenvalue weighted by Gasteiger charge is -2.14. The maximum atomic E-state index is 12.0. The zero-order chi connectivity index (χ0) is 15.1. The van der Waals surface area contributed by atoms with E-state index in [0.717, 1.165) is 11.1 Å². The number of benzene rings is 1. The Morgan fingerprint density at radius 1 is 1.35 bits per heavy atom. The molecule has 5 nitrogen and oxygen atoms in total. The second-order valence-corrected chi connectivity index (χ2v) is 4.68. The van der Waals surface area contributed by atoms with Gasteiger partial charge in [-0.1, -0.05) is 17.7 Å². The van der Waals surface area contributed by atoms with Crippen molar-refractivity contribution in [3.63, 3.8) is 0 Å². The minimum Gasteiger partial charge on any atom is -0.496 e. The number of carbonyl (C=O) groups excluding carboxylic acids is 2. The summed E-state index contributed by atoms with van der Waals surface area (Å²) in [5.74, 6) is 0.293. The first-order chi connectivity index (χ1) is 9.47. The summed E-state index contributed by atoms with van der Waals surface area (Å²) in [6, 6.07) is 5.14. The van der Waals surface area contributed by atoms with E-state index >= 15 is 0 Å². The fraction of sp³-hybridized carbons (Fsp3) is 0.467. The topological polar surface area (TPSA) is 67.4 Å². The van der Waals surface area contributed by atoms with Crippen LogP contribution in [0.5, 0.6) is 5.75 Å². The van der Waals surface area contributed by atoms with E-state index in [4.69, 9.17) is 4.74 Å². The van der Waals surface area contributed by atoms with Gasteiger partial charge in [-0.2, -0.15) is 0 Å². The molecule has 0 fully saturated rings. The Labute approximate surface area is 119 Å². The van der Waals surface area contributed by atoms with Gasteiger partial charge in [0.05, 0.1) is 13.5 Å². The predicted octanol–water partition coefficient (Wildman–Crippen LogP) is 1.19. The van der Waals surface area contributed by atoms with Gasteiger partial charge in [0, 0.05) is 12.1 Å². The summed E-state index contributed by atoms with van der Waals surface area (Å²) in [6.07, 6.45) is 0.189. The van der Waals surface area contributed by atoms with Gasteiger partial charge in [0.25, 0.3) is 0 Å². The van der Waals surface area contributed by atoms with Crippen LogP contribution < -0.4 is 15.4 Å². The first kappa shape index (κ1) is 16.0. The molecule has 110 valence electrons. The second-order valence-electron chi connectivity index (χ2n) is 4.68. The number of ether oxygens (including phenoxy) is 1. The molecule has 0 saturated heterocycles. The molecule has 1 aromatic carbocycles. The largest absolute Gasteiger partial charge is 0.496 e. The normalized spacial score (nSPS) is 11.6. The highest BCUT2D eigenvalue weighted by molar-refractivity contribution is 5.88. The Morgan fingerprint density at radius 3 is 2.65 bits per heavy atom. The van der Waals surface area contributed by atoms with E-state index in [-0.39, 0.29) is 18.2 Å². The third-order valence-corrected chi connectivity index (χ3v) is 2.91. The van der Waals surface area contributed by atoms with Crippen LogP contribution >= 0.6 is 0 Å². The van der Waals surface area contributed by atoms with Gasteiger partial charge >= 0.3 is 0 Å². The molecule has 2 N–H and O–H groups in total. The number of methoxy groups -OCH3 is 1. The molecule has 1 aromatic rings. The van der Waals surface area contributed by atoms with Crippen molar-refractivity contribution in [1.82, 2.24) is 10.6 Å². The fourth-order valence-corrected chi connectivity index (χ4v) is 1.90. The third-order valence-electron chi connectivity index (χ3n) is 2.91. The predicted molar refractivity (Wildman–Crippen MR) is 77.7 cm³/mol. The Balaban J connectivity index is 2.67. The molecule has 1 rings (SSSR count). The van der Waals surface area contributed by atoms with Gasteiger partial charge in [0.15, 0.2) is 0 Å². The number of rotatable bonds is 6. The highest BCUT2D eigenvalue weighted by Crippen LogP contribution is 2.20. The van der Waals surface area contributed by atoms with Gasteiger partial charge in [0.1, 0.15) is 11.8 Å². The van der Waals surface area contributed by atoms with Gasteiger partial charge in [-0.3, -0.25) is 9.59 Å². The SMILES string of the molecule is CCNC(=O)[C@@H](C)NC(=O)Cc1cc(C)ccc1OC. The Morgan fingerprint density at radius 2 is 2.05 bits per heavy atom. The first-order valence-electron chi connectivity index (χ1n) is 6.68. The summed E-state index contributed by atoms with van der Waals surface area (Å²) >= 11 is 0. The number of aryl methyl sites for hydroxylation is 1. The lowest BCUT2D eigenvalue weighted by molar-refractivity contribution is -0.128. The Hall–Kier alpha value is -2.04. The van der Waals surface area contributed by atoms with Crippen LogP contribution in [-0.4, -0.2) is 31.5 Å². The van der Waals surface area contributed by atoms with E-state index in [1.807, 2.05) is 32.0 Å². The number of amides is 2. The van der Waals surface area contributed by atoms with Crippen molar-refractivity contribution >= 4 is 11.8 Å². The van der Waals surface area contributed by atoms with Crippen molar-refractivity contribution < 1.29 is 14.3 Å². The van der Waals surface area contributed by atoms with Crippen LogP contribution in [0.1, 0.15) is 25.0 Å².